The fourth-order valence-corrected chi connectivity index (χ4v) is 3.03. The zero-order valence-electron chi connectivity index (χ0n) is 11.5. The summed E-state index contributed by atoms with van der Waals surface area (Å²) >= 11 is 0. The molecule has 1 saturated carbocycles. The van der Waals surface area contributed by atoms with Crippen LogP contribution in [0.5, 0.6) is 0 Å². The molecular weight excluding hydrogens is 212 g/mol. The highest BCUT2D eigenvalue weighted by Crippen LogP contribution is 2.57. The molecule has 2 heteroatoms. The van der Waals surface area contributed by atoms with Gasteiger partial charge in [-0.25, -0.2) is 0 Å². The molecule has 0 bridgehead atoms. The van der Waals surface area contributed by atoms with E-state index in [4.69, 9.17) is 0 Å². The van der Waals surface area contributed by atoms with Crippen molar-refractivity contribution in [2.24, 2.45) is 10.8 Å². The van der Waals surface area contributed by atoms with Gasteiger partial charge in [-0.3, -0.25) is 4.79 Å². The van der Waals surface area contributed by atoms with E-state index in [2.05, 4.69) is 20.8 Å². The summed E-state index contributed by atoms with van der Waals surface area (Å²) in [5.74, 6) is 0.196. The molecule has 0 aromatic rings. The number of hydrogen-bond acceptors (Lipinski definition) is 2. The highest BCUT2D eigenvalue weighted by Gasteiger charge is 2.46. The molecule has 0 unspecified atom stereocenters. The van der Waals surface area contributed by atoms with Crippen LogP contribution in [-0.4, -0.2) is 12.1 Å². The fourth-order valence-electron chi connectivity index (χ4n) is 3.03. The number of Topliss-reactive ketones (excluding diaryl/α,β-unsaturated/α-hetero) is 1. The third kappa shape index (κ3) is 2.85. The molecule has 2 nitrogen and oxygen atoms in total. The van der Waals surface area contributed by atoms with Crippen LogP contribution < -0.4 is 0 Å². The van der Waals surface area contributed by atoms with Crippen LogP contribution >= 0.6 is 0 Å². The van der Waals surface area contributed by atoms with Crippen LogP contribution in [0.3, 0.4) is 0 Å². The van der Waals surface area contributed by atoms with E-state index in [1.165, 1.54) is 12.8 Å². The SMILES string of the molecule is CC(=O)CC/C(=C/C=O)[C@]1(C)CCCC1(C)C. The molecule has 0 N–H and O–H groups in total. The van der Waals surface area contributed by atoms with E-state index >= 15 is 0 Å². The molecule has 0 aliphatic heterocycles. The third-order valence-electron chi connectivity index (χ3n) is 4.70. The zero-order valence-corrected chi connectivity index (χ0v) is 11.5. The Morgan fingerprint density at radius 3 is 2.24 bits per heavy atom. The molecule has 1 aliphatic rings. The Hall–Kier alpha value is -0.920. The van der Waals surface area contributed by atoms with Gasteiger partial charge in [0.2, 0.25) is 0 Å². The Kier molecular flexibility index (Phi) is 4.29. The maximum atomic E-state index is 11.1. The van der Waals surface area contributed by atoms with E-state index in [-0.39, 0.29) is 16.6 Å². The number of allylic oxidation sites excluding steroid dienone is 2. The Balaban J connectivity index is 2.94. The number of ketones is 1. The molecule has 1 rings (SSSR count). The van der Waals surface area contributed by atoms with E-state index in [9.17, 15) is 9.59 Å². The summed E-state index contributed by atoms with van der Waals surface area (Å²) in [6.07, 6.45) is 7.36. The van der Waals surface area contributed by atoms with E-state index in [0.717, 1.165) is 24.7 Å². The molecule has 17 heavy (non-hydrogen) atoms. The number of carbonyl (C=O) groups excluding carboxylic acids is 2. The van der Waals surface area contributed by atoms with Crippen molar-refractivity contribution in [3.05, 3.63) is 11.6 Å². The number of hydrogen-bond donors (Lipinski definition) is 0. The summed E-state index contributed by atoms with van der Waals surface area (Å²) in [6, 6.07) is 0. The lowest BCUT2D eigenvalue weighted by molar-refractivity contribution is -0.117. The quantitative estimate of drug-likeness (QED) is 0.539. The van der Waals surface area contributed by atoms with Crippen LogP contribution in [0.25, 0.3) is 0 Å². The van der Waals surface area contributed by atoms with Gasteiger partial charge in [0.1, 0.15) is 12.1 Å². The molecule has 0 aromatic carbocycles. The van der Waals surface area contributed by atoms with Crippen molar-refractivity contribution in [2.75, 3.05) is 0 Å². The van der Waals surface area contributed by atoms with Gasteiger partial charge in [0.15, 0.2) is 0 Å². The average molecular weight is 236 g/mol. The molecule has 0 aromatic heterocycles. The number of rotatable bonds is 5. The first-order valence-corrected chi connectivity index (χ1v) is 6.48. The van der Waals surface area contributed by atoms with E-state index < -0.39 is 0 Å². The lowest BCUT2D eigenvalue weighted by Crippen LogP contribution is -2.32. The molecule has 96 valence electrons. The van der Waals surface area contributed by atoms with Gasteiger partial charge >= 0.3 is 0 Å². The first kappa shape index (κ1) is 14.1. The van der Waals surface area contributed by atoms with Gasteiger partial charge in [-0.15, -0.1) is 0 Å². The zero-order chi connectivity index (χ0) is 13.1. The molecule has 1 aliphatic carbocycles. The van der Waals surface area contributed by atoms with Crippen LogP contribution in [0, 0.1) is 10.8 Å². The molecular formula is C15H24O2. The largest absolute Gasteiger partial charge is 0.300 e. The van der Waals surface area contributed by atoms with Crippen molar-refractivity contribution in [3.63, 3.8) is 0 Å². The van der Waals surface area contributed by atoms with Crippen molar-refractivity contribution < 1.29 is 9.59 Å². The number of carbonyl (C=O) groups is 2. The summed E-state index contributed by atoms with van der Waals surface area (Å²) in [7, 11) is 0. The Labute approximate surface area is 104 Å². The highest BCUT2D eigenvalue weighted by atomic mass is 16.1. The van der Waals surface area contributed by atoms with Crippen LogP contribution in [0.4, 0.5) is 0 Å². The van der Waals surface area contributed by atoms with Gasteiger partial charge < -0.3 is 4.79 Å². The van der Waals surface area contributed by atoms with E-state index in [1.807, 2.05) is 0 Å². The van der Waals surface area contributed by atoms with Gasteiger partial charge in [-0.1, -0.05) is 32.8 Å². The van der Waals surface area contributed by atoms with Crippen LogP contribution in [0.1, 0.15) is 59.8 Å². The second kappa shape index (κ2) is 5.16. The summed E-state index contributed by atoms with van der Waals surface area (Å²) in [4.78, 5) is 21.9. The Bertz CT molecular complexity index is 339. The van der Waals surface area contributed by atoms with Gasteiger partial charge in [0, 0.05) is 6.42 Å². The maximum absolute atomic E-state index is 11.1. The molecule has 1 fully saturated rings. The first-order valence-electron chi connectivity index (χ1n) is 6.48. The summed E-state index contributed by atoms with van der Waals surface area (Å²) < 4.78 is 0. The molecule has 0 amide bonds. The molecule has 1 atom stereocenters. The standard InChI is InChI=1S/C15H24O2/c1-12(17)6-7-13(8-11-16)15(4)10-5-9-14(15,2)3/h8,11H,5-7,9-10H2,1-4H3/b13-8-/t15-/m0/s1. The average Bonchev–Trinajstić information content (AvgIpc) is 2.49. The van der Waals surface area contributed by atoms with E-state index in [1.54, 1.807) is 13.0 Å². The summed E-state index contributed by atoms with van der Waals surface area (Å²) in [5.41, 5.74) is 1.45. The smallest absolute Gasteiger partial charge is 0.142 e. The molecule has 0 saturated heterocycles. The topological polar surface area (TPSA) is 34.1 Å². The third-order valence-corrected chi connectivity index (χ3v) is 4.70. The van der Waals surface area contributed by atoms with Crippen molar-refractivity contribution in [1.29, 1.82) is 0 Å². The van der Waals surface area contributed by atoms with Crippen molar-refractivity contribution in [2.45, 2.75) is 59.8 Å². The minimum absolute atomic E-state index is 0.0728. The minimum Gasteiger partial charge on any atom is -0.300 e. The summed E-state index contributed by atoms with van der Waals surface area (Å²) in [5, 5.41) is 0. The second-order valence-corrected chi connectivity index (χ2v) is 6.10. The highest BCUT2D eigenvalue weighted by molar-refractivity contribution is 5.76. The monoisotopic (exact) mass is 236 g/mol. The van der Waals surface area contributed by atoms with Crippen molar-refractivity contribution >= 4 is 12.1 Å². The molecule has 0 radical (unpaired) electrons. The van der Waals surface area contributed by atoms with Gasteiger partial charge in [-0.05, 0) is 43.1 Å². The van der Waals surface area contributed by atoms with Crippen LogP contribution in [-0.2, 0) is 9.59 Å². The normalized spacial score (nSPS) is 28.1. The second-order valence-electron chi connectivity index (χ2n) is 6.10. The first-order chi connectivity index (χ1) is 7.83. The number of aldehydes is 1. The lowest BCUT2D eigenvalue weighted by atomic mass is 9.64. The fraction of sp³-hybridized carbons (Fsp3) is 0.733. The van der Waals surface area contributed by atoms with E-state index in [0.29, 0.717) is 6.42 Å². The Morgan fingerprint density at radius 1 is 1.18 bits per heavy atom. The van der Waals surface area contributed by atoms with Gasteiger partial charge in [-0.2, -0.15) is 0 Å². The predicted molar refractivity (Wildman–Crippen MR) is 69.8 cm³/mol. The predicted octanol–water partition coefficient (Wildman–Crippen LogP) is 3.70. The van der Waals surface area contributed by atoms with Crippen LogP contribution in [0.2, 0.25) is 0 Å². The summed E-state index contributed by atoms with van der Waals surface area (Å²) in [6.45, 7) is 8.40. The minimum atomic E-state index is 0.0728. The van der Waals surface area contributed by atoms with Gasteiger partial charge in [0.25, 0.3) is 0 Å². The molecule has 0 heterocycles. The Morgan fingerprint density at radius 2 is 1.82 bits per heavy atom. The van der Waals surface area contributed by atoms with Crippen LogP contribution in [0.15, 0.2) is 11.6 Å². The maximum Gasteiger partial charge on any atom is 0.142 e. The van der Waals surface area contributed by atoms with Crippen molar-refractivity contribution in [3.8, 4) is 0 Å². The van der Waals surface area contributed by atoms with Gasteiger partial charge in [0.05, 0.1) is 0 Å². The van der Waals surface area contributed by atoms with Crippen molar-refractivity contribution in [1.82, 2.24) is 0 Å². The lowest BCUT2D eigenvalue weighted by Gasteiger charge is -2.41. The molecule has 0 spiro atoms.